The van der Waals surface area contributed by atoms with Crippen LogP contribution < -0.4 is 15.2 Å². The Morgan fingerprint density at radius 3 is 2.52 bits per heavy atom. The molecule has 0 saturated heterocycles. The molecule has 0 fully saturated rings. The molecule has 0 amide bonds. The molecule has 118 valence electrons. The summed E-state index contributed by atoms with van der Waals surface area (Å²) in [7, 11) is 3.44. The van der Waals surface area contributed by atoms with E-state index in [4.69, 9.17) is 15.2 Å². The lowest BCUT2D eigenvalue weighted by Gasteiger charge is -2.12. The van der Waals surface area contributed by atoms with Gasteiger partial charge in [-0.15, -0.1) is 0 Å². The van der Waals surface area contributed by atoms with Crippen LogP contribution in [-0.4, -0.2) is 16.9 Å². The summed E-state index contributed by atoms with van der Waals surface area (Å²) in [6.45, 7) is 0.475. The normalized spacial score (nSPS) is 10.5. The van der Waals surface area contributed by atoms with Gasteiger partial charge in [0.1, 0.15) is 12.4 Å². The van der Waals surface area contributed by atoms with Gasteiger partial charge < -0.3 is 15.2 Å². The molecule has 23 heavy (non-hydrogen) atoms. The average Bonchev–Trinajstić information content (AvgIpc) is 2.93. The van der Waals surface area contributed by atoms with Crippen LogP contribution >= 0.6 is 0 Å². The predicted molar refractivity (Wildman–Crippen MR) is 90.4 cm³/mol. The molecule has 0 atom stereocenters. The number of aryl methyl sites for hydroxylation is 1. The lowest BCUT2D eigenvalue weighted by molar-refractivity contribution is 0.284. The van der Waals surface area contributed by atoms with E-state index in [1.807, 2.05) is 55.6 Å². The maximum absolute atomic E-state index is 6.05. The molecule has 0 aliphatic carbocycles. The molecular formula is C18H19N3O2. The van der Waals surface area contributed by atoms with Crippen molar-refractivity contribution in [1.29, 1.82) is 0 Å². The van der Waals surface area contributed by atoms with Crippen LogP contribution in [0.3, 0.4) is 0 Å². The van der Waals surface area contributed by atoms with Gasteiger partial charge in [0, 0.05) is 12.6 Å². The van der Waals surface area contributed by atoms with Gasteiger partial charge in [-0.3, -0.25) is 4.68 Å². The highest BCUT2D eigenvalue weighted by Crippen LogP contribution is 2.34. The minimum atomic E-state index is 0.475. The van der Waals surface area contributed by atoms with Crippen LogP contribution in [0.1, 0.15) is 5.56 Å². The van der Waals surface area contributed by atoms with E-state index in [1.165, 1.54) is 0 Å². The van der Waals surface area contributed by atoms with Crippen LogP contribution in [0, 0.1) is 0 Å². The largest absolute Gasteiger partial charge is 0.493 e. The highest BCUT2D eigenvalue weighted by atomic mass is 16.5. The number of aromatic nitrogens is 2. The SMILES string of the molecule is COc1ccc(-c2cnn(C)c2N)cc1OCc1ccccc1. The van der Waals surface area contributed by atoms with Crippen molar-refractivity contribution in [2.24, 2.45) is 7.05 Å². The number of nitrogens with zero attached hydrogens (tertiary/aromatic N) is 2. The van der Waals surface area contributed by atoms with Gasteiger partial charge in [-0.25, -0.2) is 0 Å². The van der Waals surface area contributed by atoms with Gasteiger partial charge >= 0.3 is 0 Å². The lowest BCUT2D eigenvalue weighted by Crippen LogP contribution is -1.99. The number of anilines is 1. The Morgan fingerprint density at radius 1 is 1.09 bits per heavy atom. The van der Waals surface area contributed by atoms with E-state index in [0.717, 1.165) is 16.7 Å². The van der Waals surface area contributed by atoms with Gasteiger partial charge in [-0.05, 0) is 23.3 Å². The van der Waals surface area contributed by atoms with Crippen molar-refractivity contribution in [3.05, 3.63) is 60.3 Å². The van der Waals surface area contributed by atoms with E-state index in [1.54, 1.807) is 18.0 Å². The van der Waals surface area contributed by atoms with Gasteiger partial charge in [0.05, 0.1) is 13.3 Å². The molecule has 2 aromatic carbocycles. The van der Waals surface area contributed by atoms with E-state index in [0.29, 0.717) is 23.9 Å². The molecule has 0 unspecified atom stereocenters. The standard InChI is InChI=1S/C18H19N3O2/c1-21-18(19)15(11-20-21)14-8-9-16(22-2)17(10-14)23-12-13-6-4-3-5-7-13/h3-11H,12,19H2,1-2H3. The molecular weight excluding hydrogens is 290 g/mol. The molecule has 0 saturated carbocycles. The van der Waals surface area contributed by atoms with Gasteiger partial charge in [-0.1, -0.05) is 36.4 Å². The third kappa shape index (κ3) is 3.13. The van der Waals surface area contributed by atoms with E-state index >= 15 is 0 Å². The first-order valence-electron chi connectivity index (χ1n) is 7.31. The van der Waals surface area contributed by atoms with E-state index in [-0.39, 0.29) is 0 Å². The van der Waals surface area contributed by atoms with Gasteiger partial charge in [0.2, 0.25) is 0 Å². The Bertz CT molecular complexity index is 797. The Morgan fingerprint density at radius 2 is 1.87 bits per heavy atom. The Balaban J connectivity index is 1.89. The maximum atomic E-state index is 6.05. The summed E-state index contributed by atoms with van der Waals surface area (Å²) in [6, 6.07) is 15.8. The number of ether oxygens (including phenoxy) is 2. The first kappa shape index (κ1) is 15.0. The third-order valence-electron chi connectivity index (χ3n) is 3.70. The van der Waals surface area contributed by atoms with Crippen LogP contribution in [0.15, 0.2) is 54.7 Å². The van der Waals surface area contributed by atoms with E-state index < -0.39 is 0 Å². The molecule has 1 aromatic heterocycles. The summed E-state index contributed by atoms with van der Waals surface area (Å²) < 4.78 is 13.0. The van der Waals surface area contributed by atoms with Crippen LogP contribution in [0.2, 0.25) is 0 Å². The molecule has 0 aliphatic rings. The van der Waals surface area contributed by atoms with Crippen molar-refractivity contribution in [3.63, 3.8) is 0 Å². The zero-order chi connectivity index (χ0) is 16.2. The van der Waals surface area contributed by atoms with E-state index in [2.05, 4.69) is 5.10 Å². The zero-order valence-electron chi connectivity index (χ0n) is 13.2. The second kappa shape index (κ2) is 6.44. The predicted octanol–water partition coefficient (Wildman–Crippen LogP) is 3.26. The second-order valence-corrected chi connectivity index (χ2v) is 5.21. The summed E-state index contributed by atoms with van der Waals surface area (Å²) in [5, 5.41) is 4.18. The number of benzene rings is 2. The summed E-state index contributed by atoms with van der Waals surface area (Å²) in [6.07, 6.45) is 1.75. The Hall–Kier alpha value is -2.95. The fourth-order valence-corrected chi connectivity index (χ4v) is 2.36. The highest BCUT2D eigenvalue weighted by Gasteiger charge is 2.12. The monoisotopic (exact) mass is 309 g/mol. The topological polar surface area (TPSA) is 62.3 Å². The van der Waals surface area contributed by atoms with Crippen LogP contribution in [0.5, 0.6) is 11.5 Å². The fraction of sp³-hybridized carbons (Fsp3) is 0.167. The molecule has 2 N–H and O–H groups in total. The van der Waals surface area contributed by atoms with Crippen molar-refractivity contribution < 1.29 is 9.47 Å². The van der Waals surface area contributed by atoms with Crippen LogP contribution in [0.4, 0.5) is 5.82 Å². The molecule has 0 aliphatic heterocycles. The zero-order valence-corrected chi connectivity index (χ0v) is 13.2. The summed E-state index contributed by atoms with van der Waals surface area (Å²) in [4.78, 5) is 0. The number of nitrogens with two attached hydrogens (primary N) is 1. The quantitative estimate of drug-likeness (QED) is 0.786. The van der Waals surface area contributed by atoms with Crippen molar-refractivity contribution in [1.82, 2.24) is 9.78 Å². The van der Waals surface area contributed by atoms with Crippen molar-refractivity contribution in [2.75, 3.05) is 12.8 Å². The van der Waals surface area contributed by atoms with Gasteiger partial charge in [0.25, 0.3) is 0 Å². The molecule has 3 rings (SSSR count). The minimum Gasteiger partial charge on any atom is -0.493 e. The first-order valence-corrected chi connectivity index (χ1v) is 7.31. The minimum absolute atomic E-state index is 0.475. The van der Waals surface area contributed by atoms with Crippen molar-refractivity contribution in [2.45, 2.75) is 6.61 Å². The second-order valence-electron chi connectivity index (χ2n) is 5.21. The van der Waals surface area contributed by atoms with Gasteiger partial charge in [0.15, 0.2) is 11.5 Å². The Kier molecular flexibility index (Phi) is 4.19. The van der Waals surface area contributed by atoms with Crippen LogP contribution in [0.25, 0.3) is 11.1 Å². The molecule has 0 spiro atoms. The number of nitrogen functional groups attached to an aromatic ring is 1. The summed E-state index contributed by atoms with van der Waals surface area (Å²) in [5.74, 6) is 1.98. The third-order valence-corrected chi connectivity index (χ3v) is 3.70. The molecule has 0 radical (unpaired) electrons. The first-order chi connectivity index (χ1) is 11.2. The molecule has 5 heteroatoms. The lowest BCUT2D eigenvalue weighted by atomic mass is 10.1. The number of hydrogen-bond donors (Lipinski definition) is 1. The Labute approximate surface area is 135 Å². The van der Waals surface area contributed by atoms with Crippen molar-refractivity contribution >= 4 is 5.82 Å². The number of rotatable bonds is 5. The summed E-state index contributed by atoms with van der Waals surface area (Å²) in [5.41, 5.74) is 8.97. The molecule has 1 heterocycles. The smallest absolute Gasteiger partial charge is 0.162 e. The summed E-state index contributed by atoms with van der Waals surface area (Å²) >= 11 is 0. The molecule has 3 aromatic rings. The number of methoxy groups -OCH3 is 1. The molecule has 5 nitrogen and oxygen atoms in total. The number of hydrogen-bond acceptors (Lipinski definition) is 4. The fourth-order valence-electron chi connectivity index (χ4n) is 2.36. The van der Waals surface area contributed by atoms with Crippen molar-refractivity contribution in [3.8, 4) is 22.6 Å². The average molecular weight is 309 g/mol. The maximum Gasteiger partial charge on any atom is 0.162 e. The highest BCUT2D eigenvalue weighted by molar-refractivity contribution is 5.75. The molecule has 0 bridgehead atoms. The van der Waals surface area contributed by atoms with Gasteiger partial charge in [-0.2, -0.15) is 5.10 Å². The van der Waals surface area contributed by atoms with Crippen LogP contribution in [-0.2, 0) is 13.7 Å². The van der Waals surface area contributed by atoms with E-state index in [9.17, 15) is 0 Å².